The predicted molar refractivity (Wildman–Crippen MR) is 84.5 cm³/mol. The van der Waals surface area contributed by atoms with Crippen LogP contribution in [0.2, 0.25) is 0 Å². The van der Waals surface area contributed by atoms with Crippen LogP contribution in [0.5, 0.6) is 0 Å². The molecule has 5 nitrogen and oxygen atoms in total. The van der Waals surface area contributed by atoms with Crippen molar-refractivity contribution < 1.29 is 9.90 Å². The lowest BCUT2D eigenvalue weighted by Crippen LogP contribution is -2.33. The number of pyridine rings is 1. The number of fused-ring (bicyclic) bond motifs is 1. The Bertz CT molecular complexity index is 640. The molecule has 0 fully saturated rings. The number of aliphatic hydroxyl groups excluding tert-OH is 1. The van der Waals surface area contributed by atoms with Gasteiger partial charge >= 0.3 is 0 Å². The van der Waals surface area contributed by atoms with Crippen molar-refractivity contribution in [3.63, 3.8) is 0 Å². The van der Waals surface area contributed by atoms with Crippen LogP contribution in [-0.4, -0.2) is 47.1 Å². The first-order valence-corrected chi connectivity index (χ1v) is 7.09. The van der Waals surface area contributed by atoms with Crippen molar-refractivity contribution in [2.75, 3.05) is 25.5 Å². The first kappa shape index (κ1) is 15.3. The molecule has 1 amide bonds. The molecule has 1 atom stereocenters. The predicted octanol–water partition coefficient (Wildman–Crippen LogP) is 2.12. The van der Waals surface area contributed by atoms with Gasteiger partial charge in [-0.25, -0.2) is 4.98 Å². The summed E-state index contributed by atoms with van der Waals surface area (Å²) in [6, 6.07) is 7.70. The van der Waals surface area contributed by atoms with Gasteiger partial charge in [-0.3, -0.25) is 4.79 Å². The molecule has 0 spiro atoms. The largest absolute Gasteiger partial charge is 0.392 e. The van der Waals surface area contributed by atoms with E-state index in [4.69, 9.17) is 0 Å². The van der Waals surface area contributed by atoms with Crippen LogP contribution in [0.4, 0.5) is 5.82 Å². The fraction of sp³-hybridized carbons (Fsp3) is 0.375. The molecule has 0 radical (unpaired) electrons. The second kappa shape index (κ2) is 6.54. The molecule has 21 heavy (non-hydrogen) atoms. The molecule has 0 saturated carbocycles. The van der Waals surface area contributed by atoms with Crippen molar-refractivity contribution in [3.05, 3.63) is 36.0 Å². The van der Waals surface area contributed by atoms with Gasteiger partial charge in [0, 0.05) is 31.7 Å². The molecule has 0 aliphatic rings. The molecular formula is C16H21N3O2. The Labute approximate surface area is 124 Å². The van der Waals surface area contributed by atoms with Crippen molar-refractivity contribution in [1.29, 1.82) is 0 Å². The number of carbonyl (C=O) groups excluding carboxylic acids is 1. The maximum Gasteiger partial charge on any atom is 0.255 e. The zero-order valence-corrected chi connectivity index (χ0v) is 12.6. The van der Waals surface area contributed by atoms with E-state index < -0.39 is 6.10 Å². The van der Waals surface area contributed by atoms with Crippen LogP contribution in [0, 0.1) is 0 Å². The zero-order valence-electron chi connectivity index (χ0n) is 12.6. The summed E-state index contributed by atoms with van der Waals surface area (Å²) >= 11 is 0. The number of nitrogens with zero attached hydrogens (tertiary/aromatic N) is 2. The lowest BCUT2D eigenvalue weighted by molar-refractivity contribution is 0.0705. The van der Waals surface area contributed by atoms with Crippen LogP contribution in [0.25, 0.3) is 10.8 Å². The van der Waals surface area contributed by atoms with Gasteiger partial charge in [0.05, 0.1) is 11.7 Å². The smallest absolute Gasteiger partial charge is 0.255 e. The fourth-order valence-electron chi connectivity index (χ4n) is 2.36. The highest BCUT2D eigenvalue weighted by Crippen LogP contribution is 2.25. The first-order valence-electron chi connectivity index (χ1n) is 7.09. The van der Waals surface area contributed by atoms with Gasteiger partial charge in [-0.05, 0) is 19.2 Å². The summed E-state index contributed by atoms with van der Waals surface area (Å²) in [6.07, 6.45) is 1.04. The minimum absolute atomic E-state index is 0.136. The van der Waals surface area contributed by atoms with E-state index in [1.165, 1.54) is 4.90 Å². The molecule has 2 aromatic rings. The summed E-state index contributed by atoms with van der Waals surface area (Å²) in [5, 5.41) is 14.4. The van der Waals surface area contributed by atoms with Gasteiger partial charge in [-0.2, -0.15) is 0 Å². The second-order valence-corrected chi connectivity index (χ2v) is 5.13. The van der Waals surface area contributed by atoms with Crippen LogP contribution in [0.15, 0.2) is 30.5 Å². The van der Waals surface area contributed by atoms with Gasteiger partial charge < -0.3 is 15.3 Å². The van der Waals surface area contributed by atoms with E-state index in [0.29, 0.717) is 12.1 Å². The summed E-state index contributed by atoms with van der Waals surface area (Å²) in [4.78, 5) is 18.4. The molecule has 2 N–H and O–H groups in total. The van der Waals surface area contributed by atoms with Gasteiger partial charge in [-0.1, -0.05) is 24.3 Å². The van der Waals surface area contributed by atoms with Gasteiger partial charge in [0.15, 0.2) is 0 Å². The average molecular weight is 287 g/mol. The van der Waals surface area contributed by atoms with Crippen molar-refractivity contribution in [2.24, 2.45) is 0 Å². The number of benzene rings is 1. The van der Waals surface area contributed by atoms with Crippen molar-refractivity contribution >= 4 is 22.5 Å². The Morgan fingerprint density at radius 1 is 1.38 bits per heavy atom. The van der Waals surface area contributed by atoms with Gasteiger partial charge in [0.2, 0.25) is 0 Å². The van der Waals surface area contributed by atoms with Crippen molar-refractivity contribution in [2.45, 2.75) is 20.0 Å². The third-order valence-electron chi connectivity index (χ3n) is 3.25. The maximum atomic E-state index is 12.5. The van der Waals surface area contributed by atoms with E-state index in [9.17, 15) is 9.90 Å². The SMILES string of the molecule is CCNc1ncc(C(=O)N(C)CC(C)O)c2ccccc12. The van der Waals surface area contributed by atoms with E-state index in [1.54, 1.807) is 20.2 Å². The zero-order chi connectivity index (χ0) is 15.4. The molecule has 0 bridgehead atoms. The Kier molecular flexibility index (Phi) is 4.75. The van der Waals surface area contributed by atoms with Gasteiger partial charge in [-0.15, -0.1) is 0 Å². The van der Waals surface area contributed by atoms with Crippen LogP contribution in [0.1, 0.15) is 24.2 Å². The fourth-order valence-corrected chi connectivity index (χ4v) is 2.36. The average Bonchev–Trinajstić information content (AvgIpc) is 2.46. The number of rotatable bonds is 5. The van der Waals surface area contributed by atoms with Crippen LogP contribution in [-0.2, 0) is 0 Å². The Balaban J connectivity index is 2.45. The molecule has 2 rings (SSSR count). The summed E-state index contributed by atoms with van der Waals surface area (Å²) in [5.74, 6) is 0.644. The van der Waals surface area contributed by atoms with Crippen molar-refractivity contribution in [1.82, 2.24) is 9.88 Å². The summed E-state index contributed by atoms with van der Waals surface area (Å²) in [7, 11) is 1.68. The number of likely N-dealkylation sites (N-methyl/N-ethyl adjacent to an activating group) is 1. The van der Waals surface area contributed by atoms with Crippen molar-refractivity contribution in [3.8, 4) is 0 Å². The van der Waals surface area contributed by atoms with Crippen LogP contribution >= 0.6 is 0 Å². The van der Waals surface area contributed by atoms with Crippen LogP contribution < -0.4 is 5.32 Å². The first-order chi connectivity index (χ1) is 10.0. The number of anilines is 1. The number of hydrogen-bond acceptors (Lipinski definition) is 4. The van der Waals surface area contributed by atoms with E-state index >= 15 is 0 Å². The standard InChI is InChI=1S/C16H21N3O2/c1-4-17-15-13-8-6-5-7-12(13)14(9-18-15)16(21)19(3)10-11(2)20/h5-9,11,20H,4,10H2,1-3H3,(H,17,18). The Hall–Kier alpha value is -2.14. The topological polar surface area (TPSA) is 65.5 Å². The molecule has 1 heterocycles. The quantitative estimate of drug-likeness (QED) is 0.884. The molecule has 0 aliphatic heterocycles. The molecule has 0 saturated heterocycles. The summed E-state index contributed by atoms with van der Waals surface area (Å²) in [5.41, 5.74) is 0.551. The number of amides is 1. The van der Waals surface area contributed by atoms with Gasteiger partial charge in [0.25, 0.3) is 5.91 Å². The van der Waals surface area contributed by atoms with Gasteiger partial charge in [0.1, 0.15) is 5.82 Å². The lowest BCUT2D eigenvalue weighted by Gasteiger charge is -2.20. The molecule has 0 aliphatic carbocycles. The molecule has 1 aromatic carbocycles. The minimum atomic E-state index is -0.556. The number of aliphatic hydroxyl groups is 1. The lowest BCUT2D eigenvalue weighted by atomic mass is 10.1. The van der Waals surface area contributed by atoms with E-state index in [0.717, 1.165) is 23.1 Å². The second-order valence-electron chi connectivity index (χ2n) is 5.13. The highest BCUT2D eigenvalue weighted by Gasteiger charge is 2.17. The van der Waals surface area contributed by atoms with E-state index in [1.807, 2.05) is 31.2 Å². The molecule has 1 unspecified atom stereocenters. The molecule has 5 heteroatoms. The minimum Gasteiger partial charge on any atom is -0.392 e. The molecular weight excluding hydrogens is 266 g/mol. The third-order valence-corrected chi connectivity index (χ3v) is 3.25. The summed E-state index contributed by atoms with van der Waals surface area (Å²) in [6.45, 7) is 4.73. The van der Waals surface area contributed by atoms with E-state index in [2.05, 4.69) is 10.3 Å². The maximum absolute atomic E-state index is 12.5. The number of nitrogens with one attached hydrogen (secondary N) is 1. The number of aromatic nitrogens is 1. The highest BCUT2D eigenvalue weighted by atomic mass is 16.3. The monoisotopic (exact) mass is 287 g/mol. The third kappa shape index (κ3) is 3.31. The van der Waals surface area contributed by atoms with Crippen LogP contribution in [0.3, 0.4) is 0 Å². The molecule has 1 aromatic heterocycles. The Morgan fingerprint density at radius 3 is 2.67 bits per heavy atom. The summed E-state index contributed by atoms with van der Waals surface area (Å²) < 4.78 is 0. The number of hydrogen-bond donors (Lipinski definition) is 2. The Morgan fingerprint density at radius 2 is 2.05 bits per heavy atom. The molecule has 112 valence electrons. The number of carbonyl (C=O) groups is 1. The normalized spacial score (nSPS) is 12.2. The highest BCUT2D eigenvalue weighted by molar-refractivity contribution is 6.09. The van der Waals surface area contributed by atoms with E-state index in [-0.39, 0.29) is 5.91 Å².